The molecule has 0 saturated carbocycles. The van der Waals surface area contributed by atoms with Gasteiger partial charge in [-0.15, -0.1) is 0 Å². The van der Waals surface area contributed by atoms with Crippen LogP contribution in [-0.4, -0.2) is 50.4 Å². The molecule has 1 heterocycles. The highest BCUT2D eigenvalue weighted by atomic mass is 32.2. The zero-order valence-electron chi connectivity index (χ0n) is 11.3. The van der Waals surface area contributed by atoms with Crippen LogP contribution in [0.4, 0.5) is 4.39 Å². The van der Waals surface area contributed by atoms with E-state index in [-0.39, 0.29) is 36.7 Å². The summed E-state index contributed by atoms with van der Waals surface area (Å²) in [5.41, 5.74) is 5.82. The van der Waals surface area contributed by atoms with Crippen molar-refractivity contribution in [2.75, 3.05) is 31.1 Å². The molecule has 112 valence electrons. The van der Waals surface area contributed by atoms with Crippen LogP contribution in [0.2, 0.25) is 0 Å². The van der Waals surface area contributed by atoms with Crippen molar-refractivity contribution in [3.63, 3.8) is 0 Å². The Kier molecular flexibility index (Phi) is 4.60. The van der Waals surface area contributed by atoms with Gasteiger partial charge in [0, 0.05) is 18.7 Å². The van der Waals surface area contributed by atoms with E-state index < -0.39 is 21.6 Å². The minimum absolute atomic E-state index is 0.0716. The lowest BCUT2D eigenvalue weighted by atomic mass is 10.1. The summed E-state index contributed by atoms with van der Waals surface area (Å²) >= 11 is 0. The smallest absolute Gasteiger partial charge is 0.255 e. The number of carbonyl (C=O) groups excluding carboxylic acids is 1. The number of sulfone groups is 1. The second-order valence-corrected chi connectivity index (χ2v) is 6.94. The third kappa shape index (κ3) is 3.80. The third-order valence-electron chi connectivity index (χ3n) is 3.17. The van der Waals surface area contributed by atoms with Crippen molar-refractivity contribution in [3.05, 3.63) is 35.1 Å². The average molecular weight is 310 g/mol. The number of nitrogens with zero attached hydrogens (tertiary/aromatic N) is 1. The fraction of sp³-hybridized carbons (Fsp3) is 0.357. The van der Waals surface area contributed by atoms with Crippen molar-refractivity contribution in [1.82, 2.24) is 4.90 Å². The van der Waals surface area contributed by atoms with Crippen molar-refractivity contribution in [2.24, 2.45) is 5.73 Å². The van der Waals surface area contributed by atoms with Gasteiger partial charge in [-0.25, -0.2) is 12.8 Å². The zero-order chi connectivity index (χ0) is 15.5. The van der Waals surface area contributed by atoms with Crippen LogP contribution in [0.15, 0.2) is 18.2 Å². The van der Waals surface area contributed by atoms with Crippen LogP contribution < -0.4 is 5.73 Å². The first kappa shape index (κ1) is 15.5. The van der Waals surface area contributed by atoms with Crippen molar-refractivity contribution in [3.8, 4) is 11.8 Å². The lowest BCUT2D eigenvalue weighted by Gasteiger charge is -2.27. The highest BCUT2D eigenvalue weighted by Crippen LogP contribution is 2.15. The van der Waals surface area contributed by atoms with E-state index in [1.54, 1.807) is 0 Å². The molecule has 0 aliphatic carbocycles. The molecule has 0 bridgehead atoms. The summed E-state index contributed by atoms with van der Waals surface area (Å²) in [6, 6.07) is 3.76. The molecule has 0 spiro atoms. The number of halogens is 1. The Balaban J connectivity index is 2.28. The molecule has 1 aromatic carbocycles. The average Bonchev–Trinajstić information content (AvgIpc) is 2.45. The Bertz CT molecular complexity index is 705. The number of rotatable bonds is 1. The van der Waals surface area contributed by atoms with Gasteiger partial charge in [-0.2, -0.15) is 0 Å². The molecule has 0 atom stereocenters. The van der Waals surface area contributed by atoms with Gasteiger partial charge in [0.05, 0.1) is 23.6 Å². The molecule has 2 rings (SSSR count). The molecule has 21 heavy (non-hydrogen) atoms. The van der Waals surface area contributed by atoms with E-state index in [1.165, 1.54) is 17.0 Å². The minimum Gasteiger partial charge on any atom is -0.337 e. The Hall–Kier alpha value is -1.91. The van der Waals surface area contributed by atoms with Crippen LogP contribution in [0.5, 0.6) is 0 Å². The zero-order valence-corrected chi connectivity index (χ0v) is 12.1. The van der Waals surface area contributed by atoms with Gasteiger partial charge in [0.1, 0.15) is 5.82 Å². The van der Waals surface area contributed by atoms with Crippen LogP contribution in [0.25, 0.3) is 0 Å². The molecule has 1 amide bonds. The van der Waals surface area contributed by atoms with Gasteiger partial charge in [-0.3, -0.25) is 4.79 Å². The lowest BCUT2D eigenvalue weighted by Crippen LogP contribution is -2.44. The van der Waals surface area contributed by atoms with Gasteiger partial charge in [0.2, 0.25) is 0 Å². The topological polar surface area (TPSA) is 80.5 Å². The fourth-order valence-corrected chi connectivity index (χ4v) is 3.24. The molecule has 1 fully saturated rings. The number of nitrogens with two attached hydrogens (primary N) is 1. The monoisotopic (exact) mass is 310 g/mol. The highest BCUT2D eigenvalue weighted by molar-refractivity contribution is 7.91. The summed E-state index contributed by atoms with van der Waals surface area (Å²) in [6.07, 6.45) is 0. The number of carbonyl (C=O) groups is 1. The normalized spacial score (nSPS) is 17.0. The first-order valence-electron chi connectivity index (χ1n) is 6.41. The SMILES string of the molecule is NCC#Cc1ccc(F)cc1C(=O)N1CCS(=O)(=O)CC1. The van der Waals surface area contributed by atoms with Gasteiger partial charge in [-0.05, 0) is 18.2 Å². The molecular weight excluding hydrogens is 295 g/mol. The van der Waals surface area contributed by atoms with Crippen molar-refractivity contribution < 1.29 is 17.6 Å². The van der Waals surface area contributed by atoms with E-state index in [9.17, 15) is 17.6 Å². The maximum absolute atomic E-state index is 13.4. The molecular formula is C14H15FN2O3S. The summed E-state index contributed by atoms with van der Waals surface area (Å²) in [6.45, 7) is 0.357. The molecule has 1 aromatic rings. The number of hydrogen-bond donors (Lipinski definition) is 1. The van der Waals surface area contributed by atoms with E-state index in [4.69, 9.17) is 5.73 Å². The Morgan fingerprint density at radius 3 is 2.62 bits per heavy atom. The van der Waals surface area contributed by atoms with Crippen LogP contribution >= 0.6 is 0 Å². The lowest BCUT2D eigenvalue weighted by molar-refractivity contribution is 0.0769. The first-order chi connectivity index (χ1) is 9.93. The number of amides is 1. The van der Waals surface area contributed by atoms with E-state index >= 15 is 0 Å². The third-order valence-corrected chi connectivity index (χ3v) is 4.78. The minimum atomic E-state index is -3.08. The highest BCUT2D eigenvalue weighted by Gasteiger charge is 2.26. The quantitative estimate of drug-likeness (QED) is 0.741. The molecule has 1 saturated heterocycles. The molecule has 1 aliphatic heterocycles. The number of benzene rings is 1. The Morgan fingerprint density at radius 1 is 1.33 bits per heavy atom. The number of hydrogen-bond acceptors (Lipinski definition) is 4. The molecule has 0 aromatic heterocycles. The first-order valence-corrected chi connectivity index (χ1v) is 8.23. The van der Waals surface area contributed by atoms with Gasteiger partial charge in [0.15, 0.2) is 9.84 Å². The van der Waals surface area contributed by atoms with Gasteiger partial charge in [-0.1, -0.05) is 11.8 Å². The molecule has 7 heteroatoms. The Labute approximate surface area is 122 Å². The van der Waals surface area contributed by atoms with Gasteiger partial charge < -0.3 is 10.6 Å². The van der Waals surface area contributed by atoms with Crippen LogP contribution in [0, 0.1) is 17.7 Å². The summed E-state index contributed by atoms with van der Waals surface area (Å²) in [5.74, 6) is 4.26. The Morgan fingerprint density at radius 2 is 2.00 bits per heavy atom. The standard InChI is InChI=1S/C14H15FN2O3S/c15-12-4-3-11(2-1-5-16)13(10-12)14(18)17-6-8-21(19,20)9-7-17/h3-4,10H,5-9,16H2. The summed E-state index contributed by atoms with van der Waals surface area (Å²) in [5, 5.41) is 0. The predicted molar refractivity (Wildman–Crippen MR) is 76.9 cm³/mol. The van der Waals surface area contributed by atoms with Crippen LogP contribution in [0.3, 0.4) is 0 Å². The van der Waals surface area contributed by atoms with Crippen molar-refractivity contribution in [2.45, 2.75) is 0 Å². The van der Waals surface area contributed by atoms with Gasteiger partial charge in [0.25, 0.3) is 5.91 Å². The maximum atomic E-state index is 13.4. The second kappa shape index (κ2) is 6.24. The van der Waals surface area contributed by atoms with E-state index in [0.717, 1.165) is 6.07 Å². The molecule has 1 aliphatic rings. The van der Waals surface area contributed by atoms with Crippen LogP contribution in [0.1, 0.15) is 15.9 Å². The van der Waals surface area contributed by atoms with Crippen molar-refractivity contribution in [1.29, 1.82) is 0 Å². The van der Waals surface area contributed by atoms with Crippen molar-refractivity contribution >= 4 is 15.7 Å². The molecule has 0 radical (unpaired) electrons. The summed E-state index contributed by atoms with van der Waals surface area (Å²) in [7, 11) is -3.08. The fourth-order valence-electron chi connectivity index (χ4n) is 2.03. The summed E-state index contributed by atoms with van der Waals surface area (Å²) in [4.78, 5) is 13.8. The molecule has 2 N–H and O–H groups in total. The van der Waals surface area contributed by atoms with E-state index in [0.29, 0.717) is 5.56 Å². The largest absolute Gasteiger partial charge is 0.337 e. The predicted octanol–water partition coefficient (Wildman–Crippen LogP) is 0.00650. The van der Waals surface area contributed by atoms with Gasteiger partial charge >= 0.3 is 0 Å². The maximum Gasteiger partial charge on any atom is 0.255 e. The van der Waals surface area contributed by atoms with E-state index in [2.05, 4.69) is 11.8 Å². The van der Waals surface area contributed by atoms with Crippen LogP contribution in [-0.2, 0) is 9.84 Å². The summed E-state index contributed by atoms with van der Waals surface area (Å²) < 4.78 is 36.1. The van der Waals surface area contributed by atoms with E-state index in [1.807, 2.05) is 0 Å². The second-order valence-electron chi connectivity index (χ2n) is 4.64. The molecule has 0 unspecified atom stereocenters. The molecule has 5 nitrogen and oxygen atoms in total.